The van der Waals surface area contributed by atoms with Gasteiger partial charge in [0.05, 0.1) is 11.0 Å². The van der Waals surface area contributed by atoms with Gasteiger partial charge in [0, 0.05) is 26.2 Å². The molecule has 1 atom stereocenters. The topological polar surface area (TPSA) is 89.9 Å². The minimum atomic E-state index is -0.600. The summed E-state index contributed by atoms with van der Waals surface area (Å²) in [6.07, 6.45) is 0.581. The number of hydrogen-bond acceptors (Lipinski definition) is 4. The van der Waals surface area contributed by atoms with E-state index in [4.69, 9.17) is 0 Å². The maximum atomic E-state index is 12.3. The predicted molar refractivity (Wildman–Crippen MR) is 72.5 cm³/mol. The second kappa shape index (κ2) is 5.03. The van der Waals surface area contributed by atoms with Crippen molar-refractivity contribution in [3.8, 4) is 11.5 Å². The number of carbonyl (C=O) groups is 2. The van der Waals surface area contributed by atoms with Crippen LogP contribution in [-0.4, -0.2) is 47.1 Å². The Morgan fingerprint density at radius 1 is 1.35 bits per heavy atom. The lowest BCUT2D eigenvalue weighted by molar-refractivity contribution is -0.128. The van der Waals surface area contributed by atoms with Crippen molar-refractivity contribution in [2.75, 3.05) is 20.1 Å². The van der Waals surface area contributed by atoms with Gasteiger partial charge in [-0.15, -0.1) is 0 Å². The Bertz CT molecular complexity index is 558. The van der Waals surface area contributed by atoms with E-state index in [1.165, 1.54) is 12.1 Å². The summed E-state index contributed by atoms with van der Waals surface area (Å²) in [5.74, 6) is -0.794. The van der Waals surface area contributed by atoms with Crippen LogP contribution in [0.25, 0.3) is 0 Å². The third-order valence-electron chi connectivity index (χ3n) is 3.75. The van der Waals surface area contributed by atoms with Crippen molar-refractivity contribution in [1.29, 1.82) is 0 Å². The molecule has 2 amide bonds. The molecule has 1 saturated heterocycles. The Kier molecular flexibility index (Phi) is 3.57. The first kappa shape index (κ1) is 14.2. The highest BCUT2D eigenvalue weighted by atomic mass is 16.3. The van der Waals surface area contributed by atoms with Crippen LogP contribution >= 0.6 is 0 Å². The van der Waals surface area contributed by atoms with Crippen LogP contribution in [0.4, 0.5) is 0 Å². The third-order valence-corrected chi connectivity index (χ3v) is 3.75. The first-order chi connectivity index (χ1) is 9.37. The van der Waals surface area contributed by atoms with E-state index in [-0.39, 0.29) is 28.9 Å². The van der Waals surface area contributed by atoms with E-state index in [0.29, 0.717) is 19.5 Å². The Hall–Kier alpha value is -2.24. The van der Waals surface area contributed by atoms with Crippen LogP contribution in [0, 0.1) is 5.41 Å². The Morgan fingerprint density at radius 2 is 2.05 bits per heavy atom. The fourth-order valence-corrected chi connectivity index (χ4v) is 2.49. The summed E-state index contributed by atoms with van der Waals surface area (Å²) >= 11 is 0. The number of benzene rings is 1. The molecule has 1 heterocycles. The maximum absolute atomic E-state index is 12.3. The van der Waals surface area contributed by atoms with E-state index in [1.54, 1.807) is 11.9 Å². The molecule has 0 radical (unpaired) electrons. The van der Waals surface area contributed by atoms with Crippen molar-refractivity contribution in [3.63, 3.8) is 0 Å². The molecular formula is C14H18N2O4. The molecule has 3 N–H and O–H groups in total. The average Bonchev–Trinajstić information content (AvgIpc) is 2.81. The van der Waals surface area contributed by atoms with E-state index in [2.05, 4.69) is 5.32 Å². The highest BCUT2D eigenvalue weighted by molar-refractivity contribution is 5.98. The van der Waals surface area contributed by atoms with Gasteiger partial charge in [0.1, 0.15) is 11.5 Å². The fourth-order valence-electron chi connectivity index (χ4n) is 2.49. The number of phenols is 2. The molecule has 6 nitrogen and oxygen atoms in total. The Balaban J connectivity index is 2.18. The van der Waals surface area contributed by atoms with Gasteiger partial charge in [-0.2, -0.15) is 0 Å². The van der Waals surface area contributed by atoms with E-state index in [9.17, 15) is 19.8 Å². The van der Waals surface area contributed by atoms with Gasteiger partial charge in [0.25, 0.3) is 5.91 Å². The average molecular weight is 278 g/mol. The fraction of sp³-hybridized carbons (Fsp3) is 0.429. The summed E-state index contributed by atoms with van der Waals surface area (Å²) in [7, 11) is 1.57. The molecule has 0 aromatic heterocycles. The highest BCUT2D eigenvalue weighted by Crippen LogP contribution is 2.32. The normalized spacial score (nSPS) is 21.8. The number of nitrogens with zero attached hydrogens (tertiary/aromatic N) is 1. The zero-order chi connectivity index (χ0) is 14.9. The number of amides is 2. The molecule has 1 aliphatic heterocycles. The molecule has 1 aromatic rings. The minimum absolute atomic E-state index is 0.0947. The van der Waals surface area contributed by atoms with Crippen molar-refractivity contribution in [1.82, 2.24) is 10.2 Å². The summed E-state index contributed by atoms with van der Waals surface area (Å²) in [6, 6.07) is 3.85. The van der Waals surface area contributed by atoms with Crippen LogP contribution in [-0.2, 0) is 4.79 Å². The number of carbonyl (C=O) groups excluding carboxylic acids is 2. The van der Waals surface area contributed by atoms with Crippen molar-refractivity contribution in [2.45, 2.75) is 13.3 Å². The summed E-state index contributed by atoms with van der Waals surface area (Å²) in [5, 5.41) is 21.6. The SMILES string of the molecule is CNC(=O)C1(C)CCN(C(=O)c2ccc(O)cc2O)C1. The lowest BCUT2D eigenvalue weighted by atomic mass is 9.89. The lowest BCUT2D eigenvalue weighted by Crippen LogP contribution is -2.40. The maximum Gasteiger partial charge on any atom is 0.257 e. The number of likely N-dealkylation sites (tertiary alicyclic amines) is 1. The Morgan fingerprint density at radius 3 is 2.65 bits per heavy atom. The van der Waals surface area contributed by atoms with Gasteiger partial charge in [0.2, 0.25) is 5.91 Å². The van der Waals surface area contributed by atoms with Crippen LogP contribution in [0.2, 0.25) is 0 Å². The first-order valence-electron chi connectivity index (χ1n) is 6.41. The molecule has 0 saturated carbocycles. The Labute approximate surface area is 117 Å². The molecule has 0 aliphatic carbocycles. The zero-order valence-electron chi connectivity index (χ0n) is 11.5. The molecule has 0 bridgehead atoms. The molecule has 20 heavy (non-hydrogen) atoms. The smallest absolute Gasteiger partial charge is 0.257 e. The van der Waals surface area contributed by atoms with Crippen molar-refractivity contribution in [3.05, 3.63) is 23.8 Å². The van der Waals surface area contributed by atoms with Gasteiger partial charge in [-0.1, -0.05) is 0 Å². The molecule has 1 aliphatic rings. The molecule has 1 aromatic carbocycles. The number of nitrogens with one attached hydrogen (secondary N) is 1. The molecule has 6 heteroatoms. The van der Waals surface area contributed by atoms with Crippen molar-refractivity contribution < 1.29 is 19.8 Å². The van der Waals surface area contributed by atoms with E-state index >= 15 is 0 Å². The number of phenolic OH excluding ortho intramolecular Hbond substituents is 2. The van der Waals surface area contributed by atoms with Gasteiger partial charge in [-0.3, -0.25) is 9.59 Å². The van der Waals surface area contributed by atoms with Crippen molar-refractivity contribution >= 4 is 11.8 Å². The van der Waals surface area contributed by atoms with Gasteiger partial charge in [-0.25, -0.2) is 0 Å². The van der Waals surface area contributed by atoms with Gasteiger partial charge in [0.15, 0.2) is 0 Å². The summed E-state index contributed by atoms with van der Waals surface area (Å²) in [6.45, 7) is 2.59. The molecular weight excluding hydrogens is 260 g/mol. The van der Waals surface area contributed by atoms with Crippen LogP contribution in [0.15, 0.2) is 18.2 Å². The summed E-state index contributed by atoms with van der Waals surface area (Å²) < 4.78 is 0. The van der Waals surface area contributed by atoms with Gasteiger partial charge in [-0.05, 0) is 25.5 Å². The number of hydrogen-bond donors (Lipinski definition) is 3. The van der Waals surface area contributed by atoms with Crippen LogP contribution < -0.4 is 5.32 Å². The zero-order valence-corrected chi connectivity index (χ0v) is 11.5. The molecule has 1 fully saturated rings. The van der Waals surface area contributed by atoms with Gasteiger partial charge >= 0.3 is 0 Å². The third kappa shape index (κ3) is 2.41. The first-order valence-corrected chi connectivity index (χ1v) is 6.41. The monoisotopic (exact) mass is 278 g/mol. The molecule has 108 valence electrons. The lowest BCUT2D eigenvalue weighted by Gasteiger charge is -2.23. The van der Waals surface area contributed by atoms with Crippen LogP contribution in [0.1, 0.15) is 23.7 Å². The second-order valence-electron chi connectivity index (χ2n) is 5.32. The largest absolute Gasteiger partial charge is 0.508 e. The van der Waals surface area contributed by atoms with E-state index in [1.807, 2.05) is 6.92 Å². The minimum Gasteiger partial charge on any atom is -0.508 e. The van der Waals surface area contributed by atoms with E-state index in [0.717, 1.165) is 6.07 Å². The number of rotatable bonds is 2. The van der Waals surface area contributed by atoms with Crippen LogP contribution in [0.3, 0.4) is 0 Å². The van der Waals surface area contributed by atoms with Crippen LogP contribution in [0.5, 0.6) is 11.5 Å². The van der Waals surface area contributed by atoms with Gasteiger partial charge < -0.3 is 20.4 Å². The summed E-state index contributed by atoms with van der Waals surface area (Å²) in [5.41, 5.74) is -0.472. The van der Waals surface area contributed by atoms with Crippen molar-refractivity contribution in [2.24, 2.45) is 5.41 Å². The number of aromatic hydroxyl groups is 2. The van der Waals surface area contributed by atoms with E-state index < -0.39 is 5.41 Å². The molecule has 2 rings (SSSR count). The molecule has 1 unspecified atom stereocenters. The second-order valence-corrected chi connectivity index (χ2v) is 5.32. The predicted octanol–water partition coefficient (Wildman–Crippen LogP) is 0.696. The molecule has 0 spiro atoms. The highest BCUT2D eigenvalue weighted by Gasteiger charge is 2.41. The standard InChI is InChI=1S/C14H18N2O4/c1-14(13(20)15-2)5-6-16(8-14)12(19)10-4-3-9(17)7-11(10)18/h3-4,7,17-18H,5-6,8H2,1-2H3,(H,15,20). The summed E-state index contributed by atoms with van der Waals surface area (Å²) in [4.78, 5) is 25.7. The quantitative estimate of drug-likeness (QED) is 0.742.